The number of ether oxygens (including phenoxy) is 3. The molecule has 2 aliphatic rings. The quantitative estimate of drug-likeness (QED) is 0.803. The monoisotopic (exact) mass is 372 g/mol. The molecular formula is C21H21FO5. The first-order chi connectivity index (χ1) is 13.1. The van der Waals surface area contributed by atoms with Gasteiger partial charge in [0, 0.05) is 18.1 Å². The van der Waals surface area contributed by atoms with Crippen LogP contribution in [0.4, 0.5) is 4.39 Å². The molecule has 0 saturated heterocycles. The van der Waals surface area contributed by atoms with Gasteiger partial charge in [0.1, 0.15) is 37.1 Å². The van der Waals surface area contributed by atoms with Crippen molar-refractivity contribution >= 4 is 5.97 Å². The van der Waals surface area contributed by atoms with Crippen LogP contribution in [0.5, 0.6) is 11.5 Å². The summed E-state index contributed by atoms with van der Waals surface area (Å²) in [6.07, 6.45) is 2.52. The Morgan fingerprint density at radius 1 is 1.26 bits per heavy atom. The van der Waals surface area contributed by atoms with Gasteiger partial charge in [-0.05, 0) is 42.0 Å². The molecule has 142 valence electrons. The summed E-state index contributed by atoms with van der Waals surface area (Å²) in [6.45, 7) is 0.140. The van der Waals surface area contributed by atoms with Crippen molar-refractivity contribution in [2.45, 2.75) is 37.9 Å². The van der Waals surface area contributed by atoms with Crippen LogP contribution in [0.1, 0.15) is 35.4 Å². The van der Waals surface area contributed by atoms with Crippen molar-refractivity contribution in [1.82, 2.24) is 0 Å². The van der Waals surface area contributed by atoms with Crippen molar-refractivity contribution in [3.05, 3.63) is 58.9 Å². The molecule has 0 aromatic heterocycles. The SMILES string of the molecule is O=C(O)COC1COc2cc(OCc3c(F)cccc3C3CC3)ccc2C1. The number of carboxylic acids is 1. The maximum atomic E-state index is 14.2. The Hall–Kier alpha value is -2.60. The highest BCUT2D eigenvalue weighted by atomic mass is 19.1. The van der Waals surface area contributed by atoms with Crippen LogP contribution >= 0.6 is 0 Å². The molecule has 2 aromatic rings. The zero-order valence-electron chi connectivity index (χ0n) is 14.8. The van der Waals surface area contributed by atoms with Crippen LogP contribution in [-0.4, -0.2) is 30.4 Å². The van der Waals surface area contributed by atoms with E-state index in [1.807, 2.05) is 18.2 Å². The molecule has 0 amide bonds. The first-order valence-corrected chi connectivity index (χ1v) is 9.09. The van der Waals surface area contributed by atoms with E-state index in [0.29, 0.717) is 36.0 Å². The van der Waals surface area contributed by atoms with Gasteiger partial charge in [0.25, 0.3) is 0 Å². The summed E-state index contributed by atoms with van der Waals surface area (Å²) >= 11 is 0. The highest BCUT2D eigenvalue weighted by molar-refractivity contribution is 5.68. The first-order valence-electron chi connectivity index (χ1n) is 9.09. The number of hydrogen-bond donors (Lipinski definition) is 1. The molecule has 4 rings (SSSR count). The van der Waals surface area contributed by atoms with E-state index in [9.17, 15) is 9.18 Å². The van der Waals surface area contributed by atoms with Gasteiger partial charge in [-0.25, -0.2) is 9.18 Å². The number of carboxylic acid groups (broad SMARTS) is 1. The standard InChI is InChI=1S/C21H21FO5/c22-19-3-1-2-17(13-4-5-13)18(19)11-25-15-7-6-14-8-16(26-12-21(23)24)10-27-20(14)9-15/h1-3,6-7,9,13,16H,4-5,8,10-12H2,(H,23,24). The molecule has 6 heteroatoms. The third kappa shape index (κ3) is 4.22. The van der Waals surface area contributed by atoms with Gasteiger partial charge in [-0.1, -0.05) is 18.2 Å². The number of benzene rings is 2. The molecule has 1 saturated carbocycles. The van der Waals surface area contributed by atoms with Crippen LogP contribution in [-0.2, 0) is 22.6 Å². The van der Waals surface area contributed by atoms with E-state index in [0.717, 1.165) is 24.0 Å². The van der Waals surface area contributed by atoms with E-state index in [1.165, 1.54) is 6.07 Å². The lowest BCUT2D eigenvalue weighted by molar-refractivity contribution is -0.145. The summed E-state index contributed by atoms with van der Waals surface area (Å²) in [6, 6.07) is 10.7. The van der Waals surface area contributed by atoms with E-state index in [-0.39, 0.29) is 25.1 Å². The van der Waals surface area contributed by atoms with Gasteiger partial charge in [0.15, 0.2) is 0 Å². The number of fused-ring (bicyclic) bond motifs is 1. The number of hydrogen-bond acceptors (Lipinski definition) is 4. The summed E-state index contributed by atoms with van der Waals surface area (Å²) < 4.78 is 31.0. The molecule has 5 nitrogen and oxygen atoms in total. The molecule has 0 bridgehead atoms. The third-order valence-corrected chi connectivity index (χ3v) is 4.91. The van der Waals surface area contributed by atoms with Gasteiger partial charge in [-0.15, -0.1) is 0 Å². The average Bonchev–Trinajstić information content (AvgIpc) is 3.50. The van der Waals surface area contributed by atoms with E-state index >= 15 is 0 Å². The lowest BCUT2D eigenvalue weighted by atomic mass is 10.0. The summed E-state index contributed by atoms with van der Waals surface area (Å²) in [5, 5.41) is 8.70. The Labute approximate surface area is 156 Å². The van der Waals surface area contributed by atoms with Crippen LogP contribution in [0, 0.1) is 5.82 Å². The molecule has 1 heterocycles. The fourth-order valence-corrected chi connectivity index (χ4v) is 3.37. The van der Waals surface area contributed by atoms with Crippen molar-refractivity contribution in [2.75, 3.05) is 13.2 Å². The number of aliphatic carboxylic acids is 1. The van der Waals surface area contributed by atoms with E-state index < -0.39 is 5.97 Å². The zero-order chi connectivity index (χ0) is 18.8. The molecule has 1 aliphatic carbocycles. The largest absolute Gasteiger partial charge is 0.490 e. The molecule has 1 aliphatic heterocycles. The molecule has 0 spiro atoms. The number of rotatable bonds is 7. The van der Waals surface area contributed by atoms with Crippen molar-refractivity contribution in [3.8, 4) is 11.5 Å². The van der Waals surface area contributed by atoms with E-state index in [4.69, 9.17) is 19.3 Å². The van der Waals surface area contributed by atoms with Crippen LogP contribution in [0.25, 0.3) is 0 Å². The second kappa shape index (κ2) is 7.56. The zero-order valence-corrected chi connectivity index (χ0v) is 14.8. The lowest BCUT2D eigenvalue weighted by Crippen LogP contribution is -2.30. The smallest absolute Gasteiger partial charge is 0.329 e. The normalized spacial score (nSPS) is 18.5. The molecule has 0 radical (unpaired) electrons. The van der Waals surface area contributed by atoms with Crippen molar-refractivity contribution < 1.29 is 28.5 Å². The molecule has 27 heavy (non-hydrogen) atoms. The van der Waals surface area contributed by atoms with Crippen LogP contribution in [0.3, 0.4) is 0 Å². The Morgan fingerprint density at radius 2 is 2.11 bits per heavy atom. The van der Waals surface area contributed by atoms with Crippen molar-refractivity contribution in [3.63, 3.8) is 0 Å². The first kappa shape index (κ1) is 17.8. The topological polar surface area (TPSA) is 65.0 Å². The van der Waals surface area contributed by atoms with Gasteiger partial charge in [0.2, 0.25) is 0 Å². The number of carbonyl (C=O) groups is 1. The predicted molar refractivity (Wildman–Crippen MR) is 95.7 cm³/mol. The van der Waals surface area contributed by atoms with E-state index in [1.54, 1.807) is 12.1 Å². The fraction of sp³-hybridized carbons (Fsp3) is 0.381. The Kier molecular flexibility index (Phi) is 4.99. The van der Waals surface area contributed by atoms with Gasteiger partial charge < -0.3 is 19.3 Å². The minimum atomic E-state index is -0.997. The molecular weight excluding hydrogens is 351 g/mol. The molecule has 1 atom stereocenters. The average molecular weight is 372 g/mol. The van der Waals surface area contributed by atoms with Crippen LogP contribution in [0.15, 0.2) is 36.4 Å². The van der Waals surface area contributed by atoms with Gasteiger partial charge >= 0.3 is 5.97 Å². The Bertz CT molecular complexity index is 846. The van der Waals surface area contributed by atoms with Gasteiger partial charge in [0.05, 0.1) is 6.10 Å². The number of halogens is 1. The molecule has 1 N–H and O–H groups in total. The summed E-state index contributed by atoms with van der Waals surface area (Å²) in [4.78, 5) is 10.6. The molecule has 1 unspecified atom stereocenters. The maximum absolute atomic E-state index is 14.2. The van der Waals surface area contributed by atoms with Crippen LogP contribution < -0.4 is 9.47 Å². The minimum absolute atomic E-state index is 0.182. The predicted octanol–water partition coefficient (Wildman–Crippen LogP) is 3.69. The lowest BCUT2D eigenvalue weighted by Gasteiger charge is -2.25. The third-order valence-electron chi connectivity index (χ3n) is 4.91. The Balaban J connectivity index is 1.41. The fourth-order valence-electron chi connectivity index (χ4n) is 3.37. The van der Waals surface area contributed by atoms with Crippen molar-refractivity contribution in [2.24, 2.45) is 0 Å². The van der Waals surface area contributed by atoms with Gasteiger partial charge in [-0.2, -0.15) is 0 Å². The highest BCUT2D eigenvalue weighted by Gasteiger charge is 2.27. The van der Waals surface area contributed by atoms with E-state index in [2.05, 4.69) is 0 Å². The maximum Gasteiger partial charge on any atom is 0.329 e. The van der Waals surface area contributed by atoms with Crippen LogP contribution in [0.2, 0.25) is 0 Å². The molecule has 1 fully saturated rings. The summed E-state index contributed by atoms with van der Waals surface area (Å²) in [5.41, 5.74) is 2.61. The highest BCUT2D eigenvalue weighted by Crippen LogP contribution is 2.42. The second-order valence-corrected chi connectivity index (χ2v) is 6.98. The van der Waals surface area contributed by atoms with Crippen molar-refractivity contribution in [1.29, 1.82) is 0 Å². The second-order valence-electron chi connectivity index (χ2n) is 6.98. The minimum Gasteiger partial charge on any atom is -0.490 e. The Morgan fingerprint density at radius 3 is 2.89 bits per heavy atom. The summed E-state index contributed by atoms with van der Waals surface area (Å²) in [5.74, 6) is 0.534. The van der Waals surface area contributed by atoms with Gasteiger partial charge in [-0.3, -0.25) is 0 Å². The summed E-state index contributed by atoms with van der Waals surface area (Å²) in [7, 11) is 0. The molecule has 2 aromatic carbocycles.